The SMILES string of the molecule is COCCOCc1nc(C2CCCN2S(=O)(=O)Cc2ccccc2F)no1. The van der Waals surface area contributed by atoms with Gasteiger partial charge in [0, 0.05) is 19.2 Å². The summed E-state index contributed by atoms with van der Waals surface area (Å²) in [7, 11) is -2.15. The van der Waals surface area contributed by atoms with Crippen molar-refractivity contribution in [1.29, 1.82) is 0 Å². The third kappa shape index (κ3) is 4.89. The highest BCUT2D eigenvalue weighted by atomic mass is 32.2. The lowest BCUT2D eigenvalue weighted by molar-refractivity contribution is 0.0494. The van der Waals surface area contributed by atoms with Crippen LogP contribution in [0.15, 0.2) is 28.8 Å². The molecule has 1 aliphatic rings. The summed E-state index contributed by atoms with van der Waals surface area (Å²) < 4.78 is 56.2. The first-order valence-electron chi connectivity index (χ1n) is 8.63. The normalized spacial score (nSPS) is 18.2. The fraction of sp³-hybridized carbons (Fsp3) is 0.529. The number of sulfonamides is 1. The maximum Gasteiger partial charge on any atom is 0.252 e. The highest BCUT2D eigenvalue weighted by molar-refractivity contribution is 7.88. The van der Waals surface area contributed by atoms with Crippen molar-refractivity contribution in [1.82, 2.24) is 14.4 Å². The Balaban J connectivity index is 1.69. The van der Waals surface area contributed by atoms with Crippen molar-refractivity contribution in [3.05, 3.63) is 47.4 Å². The van der Waals surface area contributed by atoms with Crippen molar-refractivity contribution < 1.29 is 26.8 Å². The van der Waals surface area contributed by atoms with Gasteiger partial charge < -0.3 is 14.0 Å². The van der Waals surface area contributed by atoms with E-state index in [0.717, 1.165) is 0 Å². The van der Waals surface area contributed by atoms with Crippen molar-refractivity contribution in [2.75, 3.05) is 26.9 Å². The van der Waals surface area contributed by atoms with Crippen LogP contribution in [0.3, 0.4) is 0 Å². The molecule has 1 unspecified atom stereocenters. The van der Waals surface area contributed by atoms with E-state index < -0.39 is 27.6 Å². The molecule has 0 spiro atoms. The molecule has 1 aliphatic heterocycles. The van der Waals surface area contributed by atoms with Crippen LogP contribution in [0.4, 0.5) is 4.39 Å². The van der Waals surface area contributed by atoms with Gasteiger partial charge in [-0.3, -0.25) is 0 Å². The molecule has 0 bridgehead atoms. The zero-order valence-electron chi connectivity index (χ0n) is 15.0. The molecule has 2 aromatic rings. The van der Waals surface area contributed by atoms with E-state index in [1.165, 1.54) is 22.5 Å². The number of halogens is 1. The molecule has 1 atom stereocenters. The first-order valence-corrected chi connectivity index (χ1v) is 10.2. The van der Waals surface area contributed by atoms with Crippen LogP contribution in [0.1, 0.15) is 36.2 Å². The molecule has 148 valence electrons. The molecule has 0 aliphatic carbocycles. The number of ether oxygens (including phenoxy) is 2. The summed E-state index contributed by atoms with van der Waals surface area (Å²) in [6.07, 6.45) is 1.26. The molecule has 2 heterocycles. The first-order chi connectivity index (χ1) is 13.0. The Hall–Kier alpha value is -1.88. The van der Waals surface area contributed by atoms with Gasteiger partial charge in [-0.1, -0.05) is 23.4 Å². The average molecular weight is 399 g/mol. The fourth-order valence-corrected chi connectivity index (χ4v) is 4.78. The molecule has 0 saturated carbocycles. The minimum Gasteiger partial charge on any atom is -0.382 e. The fourth-order valence-electron chi connectivity index (χ4n) is 2.99. The van der Waals surface area contributed by atoms with Crippen molar-refractivity contribution in [2.24, 2.45) is 0 Å². The zero-order chi connectivity index (χ0) is 19.3. The summed E-state index contributed by atoms with van der Waals surface area (Å²) in [6, 6.07) is 5.35. The van der Waals surface area contributed by atoms with Crippen LogP contribution in [0.25, 0.3) is 0 Å². The van der Waals surface area contributed by atoms with Gasteiger partial charge in [0.05, 0.1) is 25.0 Å². The third-order valence-corrected chi connectivity index (χ3v) is 6.12. The molecule has 0 radical (unpaired) electrons. The summed E-state index contributed by atoms with van der Waals surface area (Å²) in [4.78, 5) is 4.25. The molecule has 3 rings (SSSR count). The minimum absolute atomic E-state index is 0.130. The van der Waals surface area contributed by atoms with Crippen LogP contribution in [0.5, 0.6) is 0 Å². The lowest BCUT2D eigenvalue weighted by Gasteiger charge is -2.21. The number of rotatable bonds is 9. The van der Waals surface area contributed by atoms with E-state index in [0.29, 0.717) is 38.4 Å². The lowest BCUT2D eigenvalue weighted by Crippen LogP contribution is -2.32. The lowest BCUT2D eigenvalue weighted by atomic mass is 10.2. The molecular formula is C17H22FN3O5S. The standard InChI is InChI=1S/C17H22FN3O5S/c1-24-9-10-25-11-16-19-17(20-26-16)15-7-4-8-21(15)27(22,23)12-13-5-2-3-6-14(13)18/h2-3,5-6,15H,4,7-12H2,1H3. The van der Waals surface area contributed by atoms with Crippen molar-refractivity contribution in [2.45, 2.75) is 31.2 Å². The Morgan fingerprint density at radius 3 is 2.93 bits per heavy atom. The molecule has 1 fully saturated rings. The maximum absolute atomic E-state index is 13.9. The molecular weight excluding hydrogens is 377 g/mol. The summed E-state index contributed by atoms with van der Waals surface area (Å²) in [5, 5.41) is 3.91. The summed E-state index contributed by atoms with van der Waals surface area (Å²) in [5.41, 5.74) is 0.142. The monoisotopic (exact) mass is 399 g/mol. The quantitative estimate of drug-likeness (QED) is 0.596. The van der Waals surface area contributed by atoms with Gasteiger partial charge in [-0.05, 0) is 18.9 Å². The summed E-state index contributed by atoms with van der Waals surface area (Å²) >= 11 is 0. The second-order valence-corrected chi connectivity index (χ2v) is 8.13. The Morgan fingerprint density at radius 1 is 1.33 bits per heavy atom. The highest BCUT2D eigenvalue weighted by Gasteiger charge is 2.38. The van der Waals surface area contributed by atoms with Gasteiger partial charge >= 0.3 is 0 Å². The Kier molecular flexibility index (Phi) is 6.53. The van der Waals surface area contributed by atoms with Crippen molar-refractivity contribution in [3.63, 3.8) is 0 Å². The van der Waals surface area contributed by atoms with Crippen LogP contribution in [-0.4, -0.2) is 49.7 Å². The third-order valence-electron chi connectivity index (χ3n) is 4.30. The average Bonchev–Trinajstić information content (AvgIpc) is 3.30. The largest absolute Gasteiger partial charge is 0.382 e. The Labute approximate surface area is 157 Å². The van der Waals surface area contributed by atoms with Gasteiger partial charge in [-0.15, -0.1) is 0 Å². The van der Waals surface area contributed by atoms with Gasteiger partial charge in [0.2, 0.25) is 10.0 Å². The van der Waals surface area contributed by atoms with Gasteiger partial charge in [-0.2, -0.15) is 9.29 Å². The number of hydrogen-bond acceptors (Lipinski definition) is 7. The predicted octanol–water partition coefficient (Wildman–Crippen LogP) is 2.04. The second-order valence-electron chi connectivity index (χ2n) is 6.21. The van der Waals surface area contributed by atoms with E-state index >= 15 is 0 Å². The van der Waals surface area contributed by atoms with Crippen LogP contribution in [-0.2, 0) is 31.9 Å². The highest BCUT2D eigenvalue weighted by Crippen LogP contribution is 2.34. The van der Waals surface area contributed by atoms with Crippen molar-refractivity contribution in [3.8, 4) is 0 Å². The van der Waals surface area contributed by atoms with Crippen LogP contribution >= 0.6 is 0 Å². The molecule has 1 aromatic heterocycles. The number of nitrogens with zero attached hydrogens (tertiary/aromatic N) is 3. The maximum atomic E-state index is 13.9. The number of aromatic nitrogens is 2. The van der Waals surface area contributed by atoms with E-state index in [1.807, 2.05) is 0 Å². The molecule has 0 N–H and O–H groups in total. The van der Waals surface area contributed by atoms with Crippen molar-refractivity contribution >= 4 is 10.0 Å². The van der Waals surface area contributed by atoms with Crippen LogP contribution in [0.2, 0.25) is 0 Å². The van der Waals surface area contributed by atoms with Gasteiger partial charge in [0.25, 0.3) is 5.89 Å². The molecule has 10 heteroatoms. The smallest absolute Gasteiger partial charge is 0.252 e. The molecule has 8 nitrogen and oxygen atoms in total. The van der Waals surface area contributed by atoms with E-state index in [1.54, 1.807) is 13.2 Å². The van der Waals surface area contributed by atoms with E-state index in [2.05, 4.69) is 10.1 Å². The van der Waals surface area contributed by atoms with Crippen LogP contribution in [0, 0.1) is 5.82 Å². The Morgan fingerprint density at radius 2 is 2.15 bits per heavy atom. The topological polar surface area (TPSA) is 94.8 Å². The van der Waals surface area contributed by atoms with E-state index in [4.69, 9.17) is 14.0 Å². The molecule has 0 amide bonds. The zero-order valence-corrected chi connectivity index (χ0v) is 15.8. The summed E-state index contributed by atoms with van der Waals surface area (Å²) in [5.74, 6) is -0.359. The number of methoxy groups -OCH3 is 1. The van der Waals surface area contributed by atoms with Gasteiger partial charge in [0.15, 0.2) is 5.82 Å². The van der Waals surface area contributed by atoms with Gasteiger partial charge in [-0.25, -0.2) is 12.8 Å². The number of benzene rings is 1. The minimum atomic E-state index is -3.72. The second kappa shape index (κ2) is 8.87. The molecule has 1 aromatic carbocycles. The number of hydrogen-bond donors (Lipinski definition) is 0. The van der Waals surface area contributed by atoms with Crippen LogP contribution < -0.4 is 0 Å². The molecule has 1 saturated heterocycles. The predicted molar refractivity (Wildman–Crippen MR) is 93.5 cm³/mol. The van der Waals surface area contributed by atoms with E-state index in [-0.39, 0.29) is 18.1 Å². The Bertz CT molecular complexity index is 858. The first kappa shape index (κ1) is 19.9. The summed E-state index contributed by atoms with van der Waals surface area (Å²) in [6.45, 7) is 1.31. The van der Waals surface area contributed by atoms with E-state index in [9.17, 15) is 12.8 Å². The van der Waals surface area contributed by atoms with Gasteiger partial charge in [0.1, 0.15) is 12.4 Å². The molecule has 27 heavy (non-hydrogen) atoms.